The van der Waals surface area contributed by atoms with Crippen molar-refractivity contribution in [1.82, 2.24) is 4.98 Å². The number of rotatable bonds is 5. The summed E-state index contributed by atoms with van der Waals surface area (Å²) in [7, 11) is 0. The minimum absolute atomic E-state index is 1.15. The smallest absolute Gasteiger partial charge is 0.0491 e. The van der Waals surface area contributed by atoms with E-state index in [2.05, 4.69) is 65.2 Å². The summed E-state index contributed by atoms with van der Waals surface area (Å²) >= 11 is 1.73. The van der Waals surface area contributed by atoms with E-state index in [1.54, 1.807) is 11.3 Å². The van der Waals surface area contributed by atoms with E-state index in [1.165, 1.54) is 40.6 Å². The Morgan fingerprint density at radius 3 is 2.95 bits per heavy atom. The molecule has 2 heteroatoms. The van der Waals surface area contributed by atoms with Crippen LogP contribution in [-0.2, 0) is 6.42 Å². The molecular weight excluding hydrogens is 262 g/mol. The number of unbranched alkanes of at least 4 members (excludes halogenated alkanes) is 1. The summed E-state index contributed by atoms with van der Waals surface area (Å²) in [6, 6.07) is 10.9. The largest absolute Gasteiger partial charge is 0.355 e. The number of H-pyrrole nitrogens is 1. The average molecular weight is 281 g/mol. The molecule has 0 bridgehead atoms. The molecule has 0 saturated heterocycles. The zero-order valence-electron chi connectivity index (χ0n) is 11.7. The molecule has 0 aliphatic rings. The topological polar surface area (TPSA) is 15.8 Å². The van der Waals surface area contributed by atoms with Gasteiger partial charge in [0.25, 0.3) is 0 Å². The first kappa shape index (κ1) is 13.2. The third-order valence-electron chi connectivity index (χ3n) is 3.56. The van der Waals surface area contributed by atoms with E-state index in [0.717, 1.165) is 6.42 Å². The number of hydrogen-bond donors (Lipinski definition) is 1. The molecule has 2 aromatic heterocycles. The lowest BCUT2D eigenvalue weighted by molar-refractivity contribution is 0.798. The third-order valence-corrected chi connectivity index (χ3v) is 4.26. The van der Waals surface area contributed by atoms with Gasteiger partial charge in [0.15, 0.2) is 0 Å². The molecule has 0 saturated carbocycles. The highest BCUT2D eigenvalue weighted by molar-refractivity contribution is 7.08. The number of aryl methyl sites for hydroxylation is 1. The van der Waals surface area contributed by atoms with Crippen LogP contribution < -0.4 is 0 Å². The van der Waals surface area contributed by atoms with Crippen LogP contribution in [0.25, 0.3) is 23.1 Å². The zero-order valence-corrected chi connectivity index (χ0v) is 12.5. The average Bonchev–Trinajstić information content (AvgIpc) is 3.11. The highest BCUT2D eigenvalue weighted by Crippen LogP contribution is 2.22. The van der Waals surface area contributed by atoms with Crippen LogP contribution >= 0.6 is 11.3 Å². The molecule has 0 radical (unpaired) electrons. The lowest BCUT2D eigenvalue weighted by Gasteiger charge is -2.01. The van der Waals surface area contributed by atoms with Crippen LogP contribution in [0.15, 0.2) is 41.1 Å². The second-order valence-electron chi connectivity index (χ2n) is 5.10. The Bertz CT molecular complexity index is 704. The molecule has 102 valence electrons. The van der Waals surface area contributed by atoms with Gasteiger partial charge in [0.2, 0.25) is 0 Å². The number of para-hydroxylation sites is 1. The predicted octanol–water partition coefficient (Wildman–Crippen LogP) is 5.74. The lowest BCUT2D eigenvalue weighted by atomic mass is 10.1. The predicted molar refractivity (Wildman–Crippen MR) is 90.2 cm³/mol. The van der Waals surface area contributed by atoms with Crippen LogP contribution in [0.2, 0.25) is 0 Å². The highest BCUT2D eigenvalue weighted by atomic mass is 32.1. The number of nitrogens with one attached hydrogen (secondary N) is 1. The van der Waals surface area contributed by atoms with E-state index in [1.807, 2.05) is 0 Å². The van der Waals surface area contributed by atoms with E-state index in [4.69, 9.17) is 0 Å². The molecule has 20 heavy (non-hydrogen) atoms. The third kappa shape index (κ3) is 2.86. The Morgan fingerprint density at radius 2 is 2.15 bits per heavy atom. The standard InChI is InChI=1S/C18H19NS/c1-2-3-5-15-6-4-7-16-12-17(19-18(15)16)9-8-14-10-11-20-13-14/h4,6-13,19H,2-3,5H2,1H3/b9-8+. The van der Waals surface area contributed by atoms with Crippen LogP contribution in [0.3, 0.4) is 0 Å². The first-order chi connectivity index (χ1) is 9.86. The van der Waals surface area contributed by atoms with Gasteiger partial charge in [0.1, 0.15) is 0 Å². The van der Waals surface area contributed by atoms with Gasteiger partial charge < -0.3 is 4.98 Å². The van der Waals surface area contributed by atoms with E-state index >= 15 is 0 Å². The monoisotopic (exact) mass is 281 g/mol. The molecule has 0 unspecified atom stereocenters. The van der Waals surface area contributed by atoms with Crippen LogP contribution in [-0.4, -0.2) is 4.98 Å². The van der Waals surface area contributed by atoms with Crippen molar-refractivity contribution < 1.29 is 0 Å². The molecule has 1 nitrogen and oxygen atoms in total. The molecule has 0 aliphatic heterocycles. The van der Waals surface area contributed by atoms with Gasteiger partial charge in [0.05, 0.1) is 0 Å². The minimum Gasteiger partial charge on any atom is -0.355 e. The van der Waals surface area contributed by atoms with Crippen LogP contribution in [0, 0.1) is 0 Å². The number of thiophene rings is 1. The van der Waals surface area contributed by atoms with E-state index in [0.29, 0.717) is 0 Å². The lowest BCUT2D eigenvalue weighted by Crippen LogP contribution is -1.86. The Kier molecular flexibility index (Phi) is 4.03. The van der Waals surface area contributed by atoms with Gasteiger partial charge in [-0.05, 0) is 52.9 Å². The van der Waals surface area contributed by atoms with Crippen LogP contribution in [0.5, 0.6) is 0 Å². The summed E-state index contributed by atoms with van der Waals surface area (Å²) < 4.78 is 0. The van der Waals surface area contributed by atoms with Crippen molar-refractivity contribution in [3.63, 3.8) is 0 Å². The molecule has 3 aromatic rings. The Morgan fingerprint density at radius 1 is 1.20 bits per heavy atom. The summed E-state index contributed by atoms with van der Waals surface area (Å²) in [4.78, 5) is 3.55. The molecule has 3 rings (SSSR count). The van der Waals surface area contributed by atoms with Crippen molar-refractivity contribution in [2.45, 2.75) is 26.2 Å². The van der Waals surface area contributed by atoms with Gasteiger partial charge in [0, 0.05) is 16.6 Å². The summed E-state index contributed by atoms with van der Waals surface area (Å²) in [5, 5.41) is 5.57. The number of benzene rings is 1. The summed E-state index contributed by atoms with van der Waals surface area (Å²) in [5.41, 5.74) is 5.17. The highest BCUT2D eigenvalue weighted by Gasteiger charge is 2.03. The molecule has 0 atom stereocenters. The van der Waals surface area contributed by atoms with Gasteiger partial charge in [-0.25, -0.2) is 0 Å². The van der Waals surface area contributed by atoms with Crippen molar-refractivity contribution in [1.29, 1.82) is 0 Å². The maximum Gasteiger partial charge on any atom is 0.0491 e. The van der Waals surface area contributed by atoms with Crippen molar-refractivity contribution in [2.75, 3.05) is 0 Å². The zero-order chi connectivity index (χ0) is 13.8. The fourth-order valence-corrected chi connectivity index (χ4v) is 3.09. The van der Waals surface area contributed by atoms with Gasteiger partial charge in [-0.1, -0.05) is 37.6 Å². The second-order valence-corrected chi connectivity index (χ2v) is 5.88. The number of fused-ring (bicyclic) bond motifs is 1. The van der Waals surface area contributed by atoms with Crippen molar-refractivity contribution in [2.24, 2.45) is 0 Å². The first-order valence-electron chi connectivity index (χ1n) is 7.17. The molecule has 1 N–H and O–H groups in total. The maximum absolute atomic E-state index is 3.55. The van der Waals surface area contributed by atoms with E-state index in [-0.39, 0.29) is 0 Å². The Balaban J connectivity index is 1.90. The number of hydrogen-bond acceptors (Lipinski definition) is 1. The van der Waals surface area contributed by atoms with Crippen LogP contribution in [0.4, 0.5) is 0 Å². The van der Waals surface area contributed by atoms with E-state index < -0.39 is 0 Å². The normalized spacial score (nSPS) is 11.7. The number of aromatic amines is 1. The summed E-state index contributed by atoms with van der Waals surface area (Å²) in [6.07, 6.45) is 7.96. The van der Waals surface area contributed by atoms with Gasteiger partial charge in [-0.2, -0.15) is 11.3 Å². The molecule has 0 aliphatic carbocycles. The summed E-state index contributed by atoms with van der Waals surface area (Å²) in [5.74, 6) is 0. The van der Waals surface area contributed by atoms with Crippen LogP contribution in [0.1, 0.15) is 36.6 Å². The fourth-order valence-electron chi connectivity index (χ4n) is 2.46. The summed E-state index contributed by atoms with van der Waals surface area (Å²) in [6.45, 7) is 2.24. The fraction of sp³-hybridized carbons (Fsp3) is 0.222. The number of aromatic nitrogens is 1. The maximum atomic E-state index is 3.55. The van der Waals surface area contributed by atoms with Crippen molar-refractivity contribution in [3.05, 3.63) is 57.9 Å². The van der Waals surface area contributed by atoms with E-state index in [9.17, 15) is 0 Å². The SMILES string of the molecule is CCCCc1cccc2cc(/C=C/c3ccsc3)[nH]c12. The molecule has 0 fully saturated rings. The first-order valence-corrected chi connectivity index (χ1v) is 8.12. The van der Waals surface area contributed by atoms with Crippen molar-refractivity contribution >= 4 is 34.4 Å². The quantitative estimate of drug-likeness (QED) is 0.613. The Labute approximate surface area is 124 Å². The molecule has 0 spiro atoms. The van der Waals surface area contributed by atoms with Gasteiger partial charge >= 0.3 is 0 Å². The molecule has 1 aromatic carbocycles. The Hall–Kier alpha value is -1.80. The van der Waals surface area contributed by atoms with Gasteiger partial charge in [-0.15, -0.1) is 0 Å². The van der Waals surface area contributed by atoms with Crippen molar-refractivity contribution in [3.8, 4) is 0 Å². The molecular formula is C18H19NS. The van der Waals surface area contributed by atoms with Gasteiger partial charge in [-0.3, -0.25) is 0 Å². The minimum atomic E-state index is 1.15. The molecule has 2 heterocycles. The second kappa shape index (κ2) is 6.10. The molecule has 0 amide bonds.